The normalized spacial score (nSPS) is 11.1. The second kappa shape index (κ2) is 7.09. The molecule has 0 spiro atoms. The highest BCUT2D eigenvalue weighted by atomic mass is 127. The number of hydrogen-bond donors (Lipinski definition) is 1. The zero-order valence-electron chi connectivity index (χ0n) is 10.8. The van der Waals surface area contributed by atoms with Crippen LogP contribution in [0.3, 0.4) is 0 Å². The lowest BCUT2D eigenvalue weighted by Crippen LogP contribution is -2.17. The second-order valence-corrected chi connectivity index (χ2v) is 7.07. The Balaban J connectivity index is 2.59. The molecule has 0 atom stereocenters. The second-order valence-electron chi connectivity index (χ2n) is 4.06. The van der Waals surface area contributed by atoms with E-state index in [1.807, 2.05) is 13.0 Å². The van der Waals surface area contributed by atoms with E-state index in [-0.39, 0.29) is 18.6 Å². The number of halogens is 1. The molecular weight excluding hydrogens is 381 g/mol. The van der Waals surface area contributed by atoms with Crippen LogP contribution in [0.2, 0.25) is 0 Å². The zero-order chi connectivity index (χ0) is 14.5. The Labute approximate surface area is 126 Å². The van der Waals surface area contributed by atoms with E-state index < -0.39 is 16.0 Å². The first-order valence-electron chi connectivity index (χ1n) is 5.67. The Bertz CT molecular complexity index is 557. The van der Waals surface area contributed by atoms with Crippen LogP contribution < -0.4 is 4.72 Å². The number of benzene rings is 1. The van der Waals surface area contributed by atoms with Crippen molar-refractivity contribution in [2.75, 3.05) is 17.6 Å². The Morgan fingerprint density at radius 1 is 1.42 bits per heavy atom. The fraction of sp³-hybridized carbons (Fsp3) is 0.417. The van der Waals surface area contributed by atoms with Gasteiger partial charge in [0.05, 0.1) is 12.9 Å². The molecule has 0 heterocycles. The lowest BCUT2D eigenvalue weighted by Gasteiger charge is -2.09. The van der Waals surface area contributed by atoms with Gasteiger partial charge in [0.15, 0.2) is 0 Å². The first kappa shape index (κ1) is 16.2. The minimum atomic E-state index is -3.43. The van der Waals surface area contributed by atoms with Crippen LogP contribution in [0.15, 0.2) is 18.2 Å². The lowest BCUT2D eigenvalue weighted by atomic mass is 10.2. The minimum Gasteiger partial charge on any atom is -0.469 e. The first-order valence-corrected chi connectivity index (χ1v) is 8.40. The minimum absolute atomic E-state index is 0.100. The molecule has 0 bridgehead atoms. The lowest BCUT2D eigenvalue weighted by molar-refractivity contribution is -0.140. The number of nitrogens with one attached hydrogen (secondary N) is 1. The highest BCUT2D eigenvalue weighted by Crippen LogP contribution is 2.18. The van der Waals surface area contributed by atoms with E-state index in [1.165, 1.54) is 7.11 Å². The summed E-state index contributed by atoms with van der Waals surface area (Å²) in [6, 6.07) is 5.34. The van der Waals surface area contributed by atoms with Gasteiger partial charge in [-0.15, -0.1) is 0 Å². The van der Waals surface area contributed by atoms with Crippen molar-refractivity contribution < 1.29 is 17.9 Å². The molecule has 5 nitrogen and oxygen atoms in total. The third-order valence-corrected chi connectivity index (χ3v) is 5.00. The van der Waals surface area contributed by atoms with Crippen LogP contribution in [0.1, 0.15) is 18.4 Å². The van der Waals surface area contributed by atoms with Gasteiger partial charge in [0.1, 0.15) is 0 Å². The summed E-state index contributed by atoms with van der Waals surface area (Å²) in [5.74, 6) is -0.507. The summed E-state index contributed by atoms with van der Waals surface area (Å²) >= 11 is 2.15. The van der Waals surface area contributed by atoms with Gasteiger partial charge in [0, 0.05) is 15.7 Å². The fourth-order valence-electron chi connectivity index (χ4n) is 1.40. The molecule has 0 aliphatic heterocycles. The number of methoxy groups -OCH3 is 1. The van der Waals surface area contributed by atoms with Gasteiger partial charge < -0.3 is 4.74 Å². The highest BCUT2D eigenvalue weighted by Gasteiger charge is 2.12. The third kappa shape index (κ3) is 5.77. The van der Waals surface area contributed by atoms with E-state index >= 15 is 0 Å². The highest BCUT2D eigenvalue weighted by molar-refractivity contribution is 14.1. The first-order chi connectivity index (χ1) is 8.84. The molecule has 0 unspecified atom stereocenters. The molecule has 0 amide bonds. The van der Waals surface area contributed by atoms with Crippen molar-refractivity contribution in [3.63, 3.8) is 0 Å². The smallest absolute Gasteiger partial charge is 0.305 e. The number of hydrogen-bond acceptors (Lipinski definition) is 4. The number of ether oxygens (including phenoxy) is 1. The van der Waals surface area contributed by atoms with E-state index in [4.69, 9.17) is 0 Å². The monoisotopic (exact) mass is 397 g/mol. The number of sulfonamides is 1. The predicted octanol–water partition coefficient (Wildman–Crippen LogP) is 2.29. The summed E-state index contributed by atoms with van der Waals surface area (Å²) in [5, 5.41) is 0. The van der Waals surface area contributed by atoms with Gasteiger partial charge in [-0.3, -0.25) is 9.52 Å². The molecule has 1 N–H and O–H groups in total. The number of anilines is 1. The van der Waals surface area contributed by atoms with Gasteiger partial charge in [0.25, 0.3) is 0 Å². The van der Waals surface area contributed by atoms with Crippen molar-refractivity contribution in [3.05, 3.63) is 27.3 Å². The molecule has 19 heavy (non-hydrogen) atoms. The summed E-state index contributed by atoms with van der Waals surface area (Å²) in [6.07, 6.45) is 0.341. The van der Waals surface area contributed by atoms with Crippen LogP contribution in [0.25, 0.3) is 0 Å². The van der Waals surface area contributed by atoms with Crippen LogP contribution in [-0.2, 0) is 19.6 Å². The molecule has 0 aliphatic carbocycles. The van der Waals surface area contributed by atoms with E-state index in [0.717, 1.165) is 9.13 Å². The zero-order valence-corrected chi connectivity index (χ0v) is 13.7. The quantitative estimate of drug-likeness (QED) is 0.591. The van der Waals surface area contributed by atoms with E-state index in [0.29, 0.717) is 5.69 Å². The van der Waals surface area contributed by atoms with Crippen molar-refractivity contribution in [3.8, 4) is 0 Å². The summed E-state index contributed by atoms with van der Waals surface area (Å²) in [6.45, 7) is 1.95. The van der Waals surface area contributed by atoms with E-state index in [1.54, 1.807) is 12.1 Å². The van der Waals surface area contributed by atoms with E-state index in [2.05, 4.69) is 32.0 Å². The van der Waals surface area contributed by atoms with Crippen LogP contribution in [0.4, 0.5) is 5.69 Å². The van der Waals surface area contributed by atoms with Crippen molar-refractivity contribution >= 4 is 44.3 Å². The molecular formula is C12H16INO4S. The maximum atomic E-state index is 11.8. The summed E-state index contributed by atoms with van der Waals surface area (Å²) in [5.41, 5.74) is 1.63. The van der Waals surface area contributed by atoms with Gasteiger partial charge in [-0.25, -0.2) is 8.42 Å². The SMILES string of the molecule is COC(=O)CCCS(=O)(=O)Nc1ccc(C)c(I)c1. The molecule has 0 fully saturated rings. The molecule has 0 saturated carbocycles. The maximum Gasteiger partial charge on any atom is 0.305 e. The van der Waals surface area contributed by atoms with E-state index in [9.17, 15) is 13.2 Å². The van der Waals surface area contributed by atoms with Crippen LogP contribution >= 0.6 is 22.6 Å². The molecule has 7 heteroatoms. The van der Waals surface area contributed by atoms with Crippen molar-refractivity contribution in [2.45, 2.75) is 19.8 Å². The van der Waals surface area contributed by atoms with Crippen molar-refractivity contribution in [2.24, 2.45) is 0 Å². The standard InChI is InChI=1S/C12H16INO4S/c1-9-5-6-10(8-11(9)13)14-19(16,17)7-3-4-12(15)18-2/h5-6,8,14H,3-4,7H2,1-2H3. The number of carbonyl (C=O) groups is 1. The molecule has 1 rings (SSSR count). The number of esters is 1. The molecule has 1 aromatic carbocycles. The fourth-order valence-corrected chi connectivity index (χ4v) is 3.02. The number of aryl methyl sites for hydroxylation is 1. The maximum absolute atomic E-state index is 11.8. The van der Waals surface area contributed by atoms with Crippen LogP contribution in [0.5, 0.6) is 0 Å². The average molecular weight is 397 g/mol. The van der Waals surface area contributed by atoms with Gasteiger partial charge in [-0.1, -0.05) is 6.07 Å². The average Bonchev–Trinajstić information content (AvgIpc) is 2.33. The number of carbonyl (C=O) groups excluding carboxylic acids is 1. The topological polar surface area (TPSA) is 72.5 Å². The van der Waals surface area contributed by atoms with Crippen molar-refractivity contribution in [1.29, 1.82) is 0 Å². The largest absolute Gasteiger partial charge is 0.469 e. The predicted molar refractivity (Wildman–Crippen MR) is 82.6 cm³/mol. The Kier molecular flexibility index (Phi) is 6.05. The third-order valence-electron chi connectivity index (χ3n) is 2.47. The molecule has 0 radical (unpaired) electrons. The van der Waals surface area contributed by atoms with Crippen LogP contribution in [-0.4, -0.2) is 27.2 Å². The summed E-state index contributed by atoms with van der Waals surface area (Å²) < 4.78 is 31.5. The number of rotatable bonds is 6. The summed E-state index contributed by atoms with van der Waals surface area (Å²) in [7, 11) is -2.15. The van der Waals surface area contributed by atoms with Gasteiger partial charge >= 0.3 is 5.97 Å². The Morgan fingerprint density at radius 3 is 2.68 bits per heavy atom. The van der Waals surface area contributed by atoms with Gasteiger partial charge in [-0.2, -0.15) is 0 Å². The summed E-state index contributed by atoms with van der Waals surface area (Å²) in [4.78, 5) is 10.9. The molecule has 0 saturated heterocycles. The Hall–Kier alpha value is -0.830. The molecule has 1 aromatic rings. The van der Waals surface area contributed by atoms with Gasteiger partial charge in [-0.05, 0) is 53.6 Å². The van der Waals surface area contributed by atoms with Crippen LogP contribution in [0, 0.1) is 10.5 Å². The molecule has 0 aliphatic rings. The molecule has 0 aromatic heterocycles. The molecule has 106 valence electrons. The Morgan fingerprint density at radius 2 is 2.11 bits per heavy atom. The van der Waals surface area contributed by atoms with Gasteiger partial charge in [0.2, 0.25) is 10.0 Å². The van der Waals surface area contributed by atoms with Crippen molar-refractivity contribution in [1.82, 2.24) is 0 Å².